The molecule has 4 heterocycles. The van der Waals surface area contributed by atoms with Crippen molar-refractivity contribution in [3.05, 3.63) is 35.6 Å². The van der Waals surface area contributed by atoms with Gasteiger partial charge < -0.3 is 4.90 Å². The van der Waals surface area contributed by atoms with Crippen LogP contribution in [0.5, 0.6) is 0 Å². The summed E-state index contributed by atoms with van der Waals surface area (Å²) in [6, 6.07) is 7.62. The molecule has 1 aromatic carbocycles. The van der Waals surface area contributed by atoms with E-state index in [0.717, 1.165) is 38.2 Å². The van der Waals surface area contributed by atoms with Crippen molar-refractivity contribution in [3.8, 4) is 0 Å². The zero-order chi connectivity index (χ0) is 19.3. The smallest absolute Gasteiger partial charge is 0.229 e. The Morgan fingerprint density at radius 2 is 1.86 bits per heavy atom. The van der Waals surface area contributed by atoms with Crippen LogP contribution in [0.1, 0.15) is 38.2 Å². The van der Waals surface area contributed by atoms with Crippen molar-refractivity contribution in [1.29, 1.82) is 0 Å². The number of hydrogen-bond donors (Lipinski definition) is 2. The average Bonchev–Trinajstić information content (AvgIpc) is 3.50. The predicted molar refractivity (Wildman–Crippen MR) is 106 cm³/mol. The first kappa shape index (κ1) is 18.5. The summed E-state index contributed by atoms with van der Waals surface area (Å²) in [6.07, 6.45) is 4.80. The molecule has 6 heteroatoms. The molecular formula is C22H31FN4O. The molecule has 5 fully saturated rings. The van der Waals surface area contributed by atoms with E-state index >= 15 is 0 Å². The number of amides is 1. The highest BCUT2D eigenvalue weighted by Gasteiger charge is 2.49. The number of benzene rings is 1. The van der Waals surface area contributed by atoms with Gasteiger partial charge in [-0.2, -0.15) is 0 Å². The number of rotatable bonds is 4. The van der Waals surface area contributed by atoms with E-state index in [-0.39, 0.29) is 17.8 Å². The molecule has 5 nitrogen and oxygen atoms in total. The highest BCUT2D eigenvalue weighted by Crippen LogP contribution is 2.40. The summed E-state index contributed by atoms with van der Waals surface area (Å²) in [5.41, 5.74) is 7.88. The minimum atomic E-state index is -0.186. The summed E-state index contributed by atoms with van der Waals surface area (Å²) < 4.78 is 13.2. The van der Waals surface area contributed by atoms with Crippen molar-refractivity contribution in [2.45, 2.75) is 57.3 Å². The molecule has 4 aliphatic heterocycles. The number of hydrazine groups is 1. The van der Waals surface area contributed by atoms with Crippen LogP contribution >= 0.6 is 0 Å². The number of piperidine rings is 1. The molecule has 5 atom stereocenters. The van der Waals surface area contributed by atoms with Crippen LogP contribution < -0.4 is 10.9 Å². The highest BCUT2D eigenvalue weighted by atomic mass is 19.1. The van der Waals surface area contributed by atoms with Gasteiger partial charge in [-0.15, -0.1) is 0 Å². The first-order valence-corrected chi connectivity index (χ1v) is 10.9. The molecule has 1 amide bonds. The molecule has 6 rings (SSSR count). The Labute approximate surface area is 166 Å². The molecular weight excluding hydrogens is 355 g/mol. The second-order valence-electron chi connectivity index (χ2n) is 9.37. The van der Waals surface area contributed by atoms with Crippen LogP contribution in [-0.4, -0.2) is 53.5 Å². The maximum atomic E-state index is 13.6. The van der Waals surface area contributed by atoms with Crippen molar-refractivity contribution < 1.29 is 9.18 Å². The van der Waals surface area contributed by atoms with Gasteiger partial charge >= 0.3 is 0 Å². The Balaban J connectivity index is 1.29. The first-order valence-electron chi connectivity index (χ1n) is 10.9. The van der Waals surface area contributed by atoms with Gasteiger partial charge in [-0.05, 0) is 62.1 Å². The molecule has 0 spiro atoms. The van der Waals surface area contributed by atoms with E-state index in [9.17, 15) is 9.18 Å². The molecule has 28 heavy (non-hydrogen) atoms. The topological polar surface area (TPSA) is 47.6 Å². The van der Waals surface area contributed by atoms with Gasteiger partial charge in [0.25, 0.3) is 0 Å². The summed E-state index contributed by atoms with van der Waals surface area (Å²) in [7, 11) is 0. The fourth-order valence-corrected chi connectivity index (χ4v) is 5.57. The minimum Gasteiger partial charge on any atom is -0.338 e. The fourth-order valence-electron chi connectivity index (χ4n) is 5.57. The predicted octanol–water partition coefficient (Wildman–Crippen LogP) is 2.14. The zero-order valence-corrected chi connectivity index (χ0v) is 16.6. The number of halogens is 1. The molecule has 1 aromatic rings. The van der Waals surface area contributed by atoms with Crippen LogP contribution in [0.4, 0.5) is 4.39 Å². The lowest BCUT2D eigenvalue weighted by atomic mass is 9.87. The highest BCUT2D eigenvalue weighted by molar-refractivity contribution is 5.81. The number of nitrogens with one attached hydrogen (secondary N) is 2. The van der Waals surface area contributed by atoms with E-state index in [1.54, 1.807) is 0 Å². The molecule has 1 saturated carbocycles. The number of carbonyl (C=O) groups is 1. The van der Waals surface area contributed by atoms with Gasteiger partial charge in [0.05, 0.1) is 5.92 Å². The van der Waals surface area contributed by atoms with Crippen molar-refractivity contribution in [3.63, 3.8) is 0 Å². The lowest BCUT2D eigenvalue weighted by Gasteiger charge is -2.39. The number of carbonyl (C=O) groups excluding carboxylic acids is 1. The Bertz CT molecular complexity index is 722. The van der Waals surface area contributed by atoms with E-state index in [2.05, 4.69) is 27.6 Å². The Morgan fingerprint density at radius 3 is 2.61 bits per heavy atom. The molecule has 5 aliphatic rings. The summed E-state index contributed by atoms with van der Waals surface area (Å²) in [5, 5.41) is 0. The SMILES string of the molecule is CC1NNC(C2CC2)C1C(=O)N1C[C@H]2CC[C@@H]1CN(Cc1ccc(F)cc1)C2. The zero-order valence-electron chi connectivity index (χ0n) is 16.6. The lowest BCUT2D eigenvalue weighted by Crippen LogP contribution is -2.53. The van der Waals surface area contributed by atoms with E-state index in [1.165, 1.54) is 31.4 Å². The monoisotopic (exact) mass is 386 g/mol. The lowest BCUT2D eigenvalue weighted by molar-refractivity contribution is -0.140. The molecule has 0 aromatic heterocycles. The second-order valence-corrected chi connectivity index (χ2v) is 9.37. The van der Waals surface area contributed by atoms with Gasteiger partial charge in [0.15, 0.2) is 0 Å². The van der Waals surface area contributed by atoms with Crippen LogP contribution in [0.2, 0.25) is 0 Å². The van der Waals surface area contributed by atoms with E-state index in [0.29, 0.717) is 29.8 Å². The van der Waals surface area contributed by atoms with Gasteiger partial charge in [-0.1, -0.05) is 12.1 Å². The maximum Gasteiger partial charge on any atom is 0.229 e. The molecule has 2 N–H and O–H groups in total. The third kappa shape index (κ3) is 3.58. The van der Waals surface area contributed by atoms with Gasteiger partial charge in [0, 0.05) is 44.3 Å². The molecule has 3 unspecified atom stereocenters. The van der Waals surface area contributed by atoms with Crippen LogP contribution in [0.25, 0.3) is 0 Å². The second kappa shape index (κ2) is 7.39. The van der Waals surface area contributed by atoms with E-state index in [1.807, 2.05) is 12.1 Å². The van der Waals surface area contributed by atoms with Crippen molar-refractivity contribution in [2.75, 3.05) is 19.6 Å². The number of fused-ring (bicyclic) bond motifs is 4. The average molecular weight is 387 g/mol. The number of hydrogen-bond acceptors (Lipinski definition) is 4. The normalized spacial score (nSPS) is 35.9. The quantitative estimate of drug-likeness (QED) is 0.832. The van der Waals surface area contributed by atoms with Gasteiger partial charge in [-0.25, -0.2) is 4.39 Å². The van der Waals surface area contributed by atoms with Crippen LogP contribution in [-0.2, 0) is 11.3 Å². The van der Waals surface area contributed by atoms with Crippen LogP contribution in [0.15, 0.2) is 24.3 Å². The third-order valence-corrected chi connectivity index (χ3v) is 7.21. The Hall–Kier alpha value is -1.50. The van der Waals surface area contributed by atoms with Gasteiger partial charge in [0.1, 0.15) is 5.82 Å². The molecule has 0 radical (unpaired) electrons. The molecule has 2 bridgehead atoms. The van der Waals surface area contributed by atoms with Crippen LogP contribution in [0, 0.1) is 23.6 Å². The summed E-state index contributed by atoms with van der Waals surface area (Å²) >= 11 is 0. The van der Waals surface area contributed by atoms with E-state index in [4.69, 9.17) is 0 Å². The van der Waals surface area contributed by atoms with E-state index < -0.39 is 0 Å². The number of nitrogens with zero attached hydrogens (tertiary/aromatic N) is 2. The summed E-state index contributed by atoms with van der Waals surface area (Å²) in [4.78, 5) is 18.3. The van der Waals surface area contributed by atoms with Crippen molar-refractivity contribution >= 4 is 5.91 Å². The summed E-state index contributed by atoms with van der Waals surface area (Å²) in [6.45, 7) is 5.82. The molecule has 1 aliphatic carbocycles. The van der Waals surface area contributed by atoms with Crippen molar-refractivity contribution in [2.24, 2.45) is 17.8 Å². The van der Waals surface area contributed by atoms with Gasteiger partial charge in [-0.3, -0.25) is 20.5 Å². The Kier molecular flexibility index (Phi) is 4.89. The maximum absolute atomic E-state index is 13.6. The minimum absolute atomic E-state index is 0.0531. The van der Waals surface area contributed by atoms with Crippen molar-refractivity contribution in [1.82, 2.24) is 20.7 Å². The Morgan fingerprint density at radius 1 is 1.07 bits per heavy atom. The van der Waals surface area contributed by atoms with Gasteiger partial charge in [0.2, 0.25) is 5.91 Å². The summed E-state index contributed by atoms with van der Waals surface area (Å²) in [5.74, 6) is 1.41. The molecule has 4 saturated heterocycles. The first-order chi connectivity index (χ1) is 13.6. The van der Waals surface area contributed by atoms with Crippen LogP contribution in [0.3, 0.4) is 0 Å². The third-order valence-electron chi connectivity index (χ3n) is 7.21. The molecule has 152 valence electrons. The largest absolute Gasteiger partial charge is 0.338 e. The standard InChI is InChI=1S/C22H31FN4O/c1-14-20(21(25-24-14)17-5-6-17)22(28)27-12-16-4-9-19(27)13-26(11-16)10-15-2-7-18(23)8-3-15/h2-3,7-8,14,16-17,19-21,24-25H,4-6,9-13H2,1H3/t14?,16-,19+,20?,21?/m0/s1. The fraction of sp³-hybridized carbons (Fsp3) is 0.682.